The molecule has 26 heavy (non-hydrogen) atoms. The normalized spacial score (nSPS) is 11.9. The molecule has 0 bridgehead atoms. The van der Waals surface area contributed by atoms with Crippen molar-refractivity contribution in [2.24, 2.45) is 0 Å². The zero-order chi connectivity index (χ0) is 18.7. The van der Waals surface area contributed by atoms with E-state index in [0.717, 1.165) is 39.4 Å². The number of aromatic nitrogens is 5. The third-order valence-electron chi connectivity index (χ3n) is 3.85. The molecule has 3 heterocycles. The van der Waals surface area contributed by atoms with Crippen LogP contribution >= 0.6 is 15.9 Å². The minimum Gasteiger partial charge on any atom is -0.467 e. The first-order valence-corrected chi connectivity index (χ1v) is 12.8. The first kappa shape index (κ1) is 18.9. The number of halogens is 1. The molecule has 0 aliphatic heterocycles. The molecule has 0 aromatic carbocycles. The van der Waals surface area contributed by atoms with Crippen LogP contribution in [0.5, 0.6) is 6.01 Å². The standard InChI is InChI=1S/C17H22BrN5O2Si/c1-24-17-20-8-12(9-21-17)15-14-7-13(18)10-19-16(14)23(22-15)11-25-5-6-26(2,3)4/h7-10H,5-6,11H2,1-4H3. The second kappa shape index (κ2) is 7.81. The lowest BCUT2D eigenvalue weighted by Crippen LogP contribution is -2.22. The zero-order valence-electron chi connectivity index (χ0n) is 15.4. The van der Waals surface area contributed by atoms with Crippen LogP contribution in [-0.2, 0) is 11.5 Å². The molecule has 138 valence electrons. The summed E-state index contributed by atoms with van der Waals surface area (Å²) in [6, 6.07) is 3.43. The lowest BCUT2D eigenvalue weighted by atomic mass is 10.2. The number of rotatable bonds is 7. The van der Waals surface area contributed by atoms with E-state index in [2.05, 4.69) is 55.6 Å². The highest BCUT2D eigenvalue weighted by atomic mass is 79.9. The van der Waals surface area contributed by atoms with Gasteiger partial charge < -0.3 is 9.47 Å². The van der Waals surface area contributed by atoms with Gasteiger partial charge in [-0.15, -0.1) is 0 Å². The quantitative estimate of drug-likeness (QED) is 0.412. The van der Waals surface area contributed by atoms with Crippen molar-refractivity contribution >= 4 is 35.0 Å². The second-order valence-corrected chi connectivity index (χ2v) is 13.7. The zero-order valence-corrected chi connectivity index (χ0v) is 17.9. The van der Waals surface area contributed by atoms with E-state index in [0.29, 0.717) is 12.7 Å². The Bertz CT molecular complexity index is 893. The van der Waals surface area contributed by atoms with Crippen LogP contribution in [-0.4, -0.2) is 46.5 Å². The maximum atomic E-state index is 5.85. The maximum absolute atomic E-state index is 5.85. The smallest absolute Gasteiger partial charge is 0.316 e. The fraction of sp³-hybridized carbons (Fsp3) is 0.412. The summed E-state index contributed by atoms with van der Waals surface area (Å²) in [5, 5.41) is 5.61. The molecule has 0 radical (unpaired) electrons. The van der Waals surface area contributed by atoms with Crippen LogP contribution in [0.25, 0.3) is 22.3 Å². The Hall–Kier alpha value is -1.84. The Labute approximate surface area is 161 Å². The largest absolute Gasteiger partial charge is 0.467 e. The van der Waals surface area contributed by atoms with Gasteiger partial charge in [-0.1, -0.05) is 19.6 Å². The van der Waals surface area contributed by atoms with Crippen LogP contribution in [0.1, 0.15) is 0 Å². The van der Waals surface area contributed by atoms with Crippen molar-refractivity contribution in [2.45, 2.75) is 32.4 Å². The topological polar surface area (TPSA) is 75.0 Å². The predicted octanol–water partition coefficient (Wildman–Crippen LogP) is 3.97. The van der Waals surface area contributed by atoms with E-state index >= 15 is 0 Å². The molecule has 0 saturated carbocycles. The van der Waals surface area contributed by atoms with Gasteiger partial charge in [0.05, 0.1) is 7.11 Å². The molecule has 0 atom stereocenters. The van der Waals surface area contributed by atoms with Crippen LogP contribution in [0.3, 0.4) is 0 Å². The Morgan fingerprint density at radius 3 is 2.50 bits per heavy atom. The average molecular weight is 436 g/mol. The highest BCUT2D eigenvalue weighted by molar-refractivity contribution is 9.10. The van der Waals surface area contributed by atoms with E-state index in [1.54, 1.807) is 23.3 Å². The van der Waals surface area contributed by atoms with Gasteiger partial charge >= 0.3 is 6.01 Å². The van der Waals surface area contributed by atoms with Crippen molar-refractivity contribution in [2.75, 3.05) is 13.7 Å². The summed E-state index contributed by atoms with van der Waals surface area (Å²) in [6.07, 6.45) is 5.16. The molecule has 9 heteroatoms. The summed E-state index contributed by atoms with van der Waals surface area (Å²) in [7, 11) is 0.422. The molecule has 0 unspecified atom stereocenters. The average Bonchev–Trinajstić information content (AvgIpc) is 2.96. The number of nitrogens with zero attached hydrogens (tertiary/aromatic N) is 5. The van der Waals surface area contributed by atoms with Crippen LogP contribution < -0.4 is 4.74 Å². The summed E-state index contributed by atoms with van der Waals surface area (Å²) in [6.45, 7) is 8.10. The van der Waals surface area contributed by atoms with Gasteiger partial charge in [0.1, 0.15) is 12.4 Å². The molecule has 0 N–H and O–H groups in total. The minimum absolute atomic E-state index is 0.325. The van der Waals surface area contributed by atoms with E-state index in [9.17, 15) is 0 Å². The Morgan fingerprint density at radius 2 is 1.85 bits per heavy atom. The Balaban J connectivity index is 1.89. The molecule has 0 spiro atoms. The van der Waals surface area contributed by atoms with Crippen molar-refractivity contribution in [1.82, 2.24) is 24.7 Å². The number of fused-ring (bicyclic) bond motifs is 1. The summed E-state index contributed by atoms with van der Waals surface area (Å²) in [5.41, 5.74) is 2.34. The van der Waals surface area contributed by atoms with E-state index in [1.807, 2.05) is 6.07 Å². The maximum Gasteiger partial charge on any atom is 0.316 e. The van der Waals surface area contributed by atoms with Gasteiger partial charge in [-0.2, -0.15) is 5.10 Å². The summed E-state index contributed by atoms with van der Waals surface area (Å²) in [5.74, 6) is 0. The van der Waals surface area contributed by atoms with Crippen molar-refractivity contribution in [3.8, 4) is 17.3 Å². The fourth-order valence-electron chi connectivity index (χ4n) is 2.41. The number of hydrogen-bond donors (Lipinski definition) is 0. The molecular formula is C17H22BrN5O2Si. The number of pyridine rings is 1. The molecule has 3 aromatic rings. The SMILES string of the molecule is COc1ncc(-c2nn(COCC[Si](C)(C)C)c3ncc(Br)cc23)cn1. The summed E-state index contributed by atoms with van der Waals surface area (Å²) < 4.78 is 13.5. The Kier molecular flexibility index (Phi) is 5.69. The highest BCUT2D eigenvalue weighted by Crippen LogP contribution is 2.28. The van der Waals surface area contributed by atoms with Crippen molar-refractivity contribution in [1.29, 1.82) is 0 Å². The lowest BCUT2D eigenvalue weighted by Gasteiger charge is -2.15. The lowest BCUT2D eigenvalue weighted by molar-refractivity contribution is 0.0814. The first-order valence-electron chi connectivity index (χ1n) is 8.33. The van der Waals surface area contributed by atoms with E-state index < -0.39 is 8.07 Å². The Morgan fingerprint density at radius 1 is 1.12 bits per heavy atom. The second-order valence-electron chi connectivity index (χ2n) is 7.18. The van der Waals surface area contributed by atoms with E-state index in [4.69, 9.17) is 9.47 Å². The molecule has 7 nitrogen and oxygen atoms in total. The molecule has 3 rings (SSSR count). The minimum atomic E-state index is -1.12. The van der Waals surface area contributed by atoms with Gasteiger partial charge in [-0.25, -0.2) is 19.6 Å². The first-order chi connectivity index (χ1) is 12.4. The van der Waals surface area contributed by atoms with Crippen LogP contribution in [0, 0.1) is 0 Å². The third kappa shape index (κ3) is 4.46. The van der Waals surface area contributed by atoms with Gasteiger partial charge in [0, 0.05) is 48.7 Å². The van der Waals surface area contributed by atoms with E-state index in [1.165, 1.54) is 7.11 Å². The molecule has 0 amide bonds. The van der Waals surface area contributed by atoms with Crippen LogP contribution in [0.15, 0.2) is 29.1 Å². The van der Waals surface area contributed by atoms with Gasteiger partial charge in [0.15, 0.2) is 5.65 Å². The van der Waals surface area contributed by atoms with Crippen molar-refractivity contribution < 1.29 is 9.47 Å². The third-order valence-corrected chi connectivity index (χ3v) is 5.99. The highest BCUT2D eigenvalue weighted by Gasteiger charge is 2.16. The van der Waals surface area contributed by atoms with Crippen molar-refractivity contribution in [3.05, 3.63) is 29.1 Å². The van der Waals surface area contributed by atoms with Gasteiger partial charge in [0.25, 0.3) is 0 Å². The molecule has 0 aliphatic rings. The van der Waals surface area contributed by atoms with Gasteiger partial charge in [0.2, 0.25) is 0 Å². The van der Waals surface area contributed by atoms with E-state index in [-0.39, 0.29) is 0 Å². The van der Waals surface area contributed by atoms with Gasteiger partial charge in [-0.05, 0) is 28.0 Å². The predicted molar refractivity (Wildman–Crippen MR) is 107 cm³/mol. The monoisotopic (exact) mass is 435 g/mol. The summed E-state index contributed by atoms with van der Waals surface area (Å²) >= 11 is 3.48. The van der Waals surface area contributed by atoms with Crippen molar-refractivity contribution in [3.63, 3.8) is 0 Å². The molecule has 0 aliphatic carbocycles. The fourth-order valence-corrected chi connectivity index (χ4v) is 3.50. The molecule has 0 saturated heterocycles. The van der Waals surface area contributed by atoms with Crippen LogP contribution in [0.4, 0.5) is 0 Å². The molecule has 0 fully saturated rings. The number of methoxy groups -OCH3 is 1. The number of ether oxygens (including phenoxy) is 2. The molecule has 3 aromatic heterocycles. The molecular weight excluding hydrogens is 414 g/mol. The van der Waals surface area contributed by atoms with Gasteiger partial charge in [-0.3, -0.25) is 0 Å². The van der Waals surface area contributed by atoms with Crippen LogP contribution in [0.2, 0.25) is 25.7 Å². The number of hydrogen-bond acceptors (Lipinski definition) is 6. The summed E-state index contributed by atoms with van der Waals surface area (Å²) in [4.78, 5) is 12.9.